The summed E-state index contributed by atoms with van der Waals surface area (Å²) in [7, 11) is 0. The third-order valence-corrected chi connectivity index (χ3v) is 6.25. The van der Waals surface area contributed by atoms with E-state index in [1.165, 1.54) is 16.6 Å². The average Bonchev–Trinajstić information content (AvgIpc) is 3.12. The first-order chi connectivity index (χ1) is 13.7. The molecule has 4 nitrogen and oxygen atoms in total. The predicted octanol–water partition coefficient (Wildman–Crippen LogP) is 5.33. The molecular weight excluding hydrogens is 386 g/mol. The van der Waals surface area contributed by atoms with Crippen molar-refractivity contribution < 1.29 is 4.79 Å². The fraction of sp³-hybridized carbons (Fsp3) is 0.136. The van der Waals surface area contributed by atoms with E-state index in [1.54, 1.807) is 17.7 Å². The Kier molecular flexibility index (Phi) is 5.69. The second kappa shape index (κ2) is 8.54. The zero-order valence-corrected chi connectivity index (χ0v) is 17.0. The van der Waals surface area contributed by atoms with Crippen LogP contribution in [0.25, 0.3) is 10.2 Å². The van der Waals surface area contributed by atoms with Gasteiger partial charge in [-0.2, -0.15) is 0 Å². The minimum Gasteiger partial charge on any atom is -0.307 e. The van der Waals surface area contributed by atoms with Gasteiger partial charge in [0.25, 0.3) is 0 Å². The van der Waals surface area contributed by atoms with Gasteiger partial charge in [0.15, 0.2) is 0 Å². The lowest BCUT2D eigenvalue weighted by Crippen LogP contribution is -2.31. The van der Waals surface area contributed by atoms with Crippen molar-refractivity contribution in [3.05, 3.63) is 83.5 Å². The summed E-state index contributed by atoms with van der Waals surface area (Å²) in [6.07, 6.45) is 1.57. The van der Waals surface area contributed by atoms with Crippen LogP contribution >= 0.6 is 23.1 Å². The number of carbonyl (C=O) groups excluding carboxylic acids is 1. The fourth-order valence-corrected chi connectivity index (χ4v) is 4.74. The highest BCUT2D eigenvalue weighted by atomic mass is 32.2. The molecule has 1 amide bonds. The molecule has 4 aromatic rings. The van der Waals surface area contributed by atoms with E-state index in [0.29, 0.717) is 12.3 Å². The van der Waals surface area contributed by atoms with E-state index in [2.05, 4.69) is 23.0 Å². The maximum absolute atomic E-state index is 13.1. The van der Waals surface area contributed by atoms with Gasteiger partial charge >= 0.3 is 0 Å². The van der Waals surface area contributed by atoms with Crippen molar-refractivity contribution in [3.63, 3.8) is 0 Å². The molecule has 0 saturated carbocycles. The van der Waals surface area contributed by atoms with Crippen LogP contribution in [-0.4, -0.2) is 21.6 Å². The third-order valence-electron chi connectivity index (χ3n) is 4.30. The number of benzene rings is 2. The molecule has 0 aliphatic heterocycles. The predicted molar refractivity (Wildman–Crippen MR) is 117 cm³/mol. The minimum absolute atomic E-state index is 0.0544. The Morgan fingerprint density at radius 1 is 1.04 bits per heavy atom. The molecule has 0 unspecified atom stereocenters. The van der Waals surface area contributed by atoms with Crippen molar-refractivity contribution in [1.29, 1.82) is 0 Å². The Morgan fingerprint density at radius 3 is 2.50 bits per heavy atom. The van der Waals surface area contributed by atoms with Crippen LogP contribution in [0.3, 0.4) is 0 Å². The minimum atomic E-state index is 0.0544. The number of nitrogens with zero attached hydrogens (tertiary/aromatic N) is 3. The molecule has 6 heteroatoms. The Bertz CT molecular complexity index is 1080. The molecule has 28 heavy (non-hydrogen) atoms. The number of thioether (sulfide) groups is 1. The molecule has 0 bridgehead atoms. The summed E-state index contributed by atoms with van der Waals surface area (Å²) in [6.45, 7) is 2.60. The van der Waals surface area contributed by atoms with Crippen molar-refractivity contribution >= 4 is 44.9 Å². The molecule has 140 valence electrons. The van der Waals surface area contributed by atoms with Crippen LogP contribution in [0.5, 0.6) is 0 Å². The van der Waals surface area contributed by atoms with Gasteiger partial charge in [-0.15, -0.1) is 11.3 Å². The van der Waals surface area contributed by atoms with Gasteiger partial charge in [-0.05, 0) is 30.7 Å². The van der Waals surface area contributed by atoms with Crippen molar-refractivity contribution in [2.75, 3.05) is 10.7 Å². The molecule has 0 aliphatic carbocycles. The van der Waals surface area contributed by atoms with Crippen LogP contribution in [-0.2, 0) is 11.3 Å². The lowest BCUT2D eigenvalue weighted by atomic mass is 10.2. The van der Waals surface area contributed by atoms with E-state index in [9.17, 15) is 4.79 Å². The second-order valence-electron chi connectivity index (χ2n) is 6.34. The Balaban J connectivity index is 1.55. The van der Waals surface area contributed by atoms with Crippen LogP contribution in [0.1, 0.15) is 10.4 Å². The van der Waals surface area contributed by atoms with Crippen molar-refractivity contribution in [1.82, 2.24) is 9.97 Å². The summed E-state index contributed by atoms with van der Waals surface area (Å²) in [5.74, 6) is 0.377. The Labute approximate surface area is 172 Å². The number of hydrogen-bond acceptors (Lipinski definition) is 5. The summed E-state index contributed by atoms with van der Waals surface area (Å²) >= 11 is 3.11. The average molecular weight is 406 g/mol. The van der Waals surface area contributed by atoms with E-state index >= 15 is 0 Å². The van der Waals surface area contributed by atoms with Gasteiger partial charge in [0, 0.05) is 16.0 Å². The van der Waals surface area contributed by atoms with Gasteiger partial charge in [-0.3, -0.25) is 4.79 Å². The van der Waals surface area contributed by atoms with Crippen molar-refractivity contribution in [2.45, 2.75) is 18.5 Å². The van der Waals surface area contributed by atoms with Gasteiger partial charge in [0.1, 0.15) is 16.2 Å². The normalized spacial score (nSPS) is 10.9. The maximum atomic E-state index is 13.1. The lowest BCUT2D eigenvalue weighted by molar-refractivity contribution is -0.116. The van der Waals surface area contributed by atoms with E-state index in [0.717, 1.165) is 26.5 Å². The van der Waals surface area contributed by atoms with Gasteiger partial charge in [-0.1, -0.05) is 60.3 Å². The number of hydrogen-bond donors (Lipinski definition) is 0. The maximum Gasteiger partial charge on any atom is 0.237 e. The third kappa shape index (κ3) is 4.24. The molecular formula is C22H19N3OS2. The van der Waals surface area contributed by atoms with E-state index in [-0.39, 0.29) is 5.91 Å². The molecule has 0 spiro atoms. The number of thiophene rings is 1. The largest absolute Gasteiger partial charge is 0.307 e. The first-order valence-corrected chi connectivity index (χ1v) is 10.7. The Morgan fingerprint density at radius 2 is 1.75 bits per heavy atom. The summed E-state index contributed by atoms with van der Waals surface area (Å²) in [5.41, 5.74) is 2.00. The molecule has 2 heterocycles. The van der Waals surface area contributed by atoms with E-state index in [4.69, 9.17) is 0 Å². The van der Waals surface area contributed by atoms with Gasteiger partial charge < -0.3 is 4.90 Å². The summed E-state index contributed by atoms with van der Waals surface area (Å²) < 4.78 is 0. The molecule has 2 aromatic heterocycles. The quantitative estimate of drug-likeness (QED) is 0.321. The molecule has 0 saturated heterocycles. The Hall–Kier alpha value is -2.70. The van der Waals surface area contributed by atoms with Crippen molar-refractivity contribution in [3.8, 4) is 0 Å². The molecule has 0 N–H and O–H groups in total. The van der Waals surface area contributed by atoms with Gasteiger partial charge in [0.2, 0.25) is 5.91 Å². The van der Waals surface area contributed by atoms with E-state index < -0.39 is 0 Å². The standard InChI is InChI=1S/C22H19N3OS2/c1-16-12-19-21(23-15-24-22(19)28-16)27-14-20(26)25(18-10-6-3-7-11-18)13-17-8-4-2-5-9-17/h2-12,15H,13-14H2,1H3. The highest BCUT2D eigenvalue weighted by Gasteiger charge is 2.18. The molecule has 0 atom stereocenters. The van der Waals surface area contributed by atoms with E-state index in [1.807, 2.05) is 65.6 Å². The number of anilines is 1. The number of rotatable bonds is 6. The van der Waals surface area contributed by atoms with Crippen molar-refractivity contribution in [2.24, 2.45) is 0 Å². The molecule has 4 rings (SSSR count). The first kappa shape index (κ1) is 18.7. The van der Waals surface area contributed by atoms with Crippen LogP contribution in [0.4, 0.5) is 5.69 Å². The topological polar surface area (TPSA) is 46.1 Å². The molecule has 0 radical (unpaired) electrons. The monoisotopic (exact) mass is 405 g/mol. The van der Waals surface area contributed by atoms with Gasteiger partial charge in [-0.25, -0.2) is 9.97 Å². The second-order valence-corrected chi connectivity index (χ2v) is 8.54. The summed E-state index contributed by atoms with van der Waals surface area (Å²) in [4.78, 5) is 25.8. The summed E-state index contributed by atoms with van der Waals surface area (Å²) in [6, 6.07) is 21.9. The zero-order valence-electron chi connectivity index (χ0n) is 15.4. The highest BCUT2D eigenvalue weighted by Crippen LogP contribution is 2.30. The lowest BCUT2D eigenvalue weighted by Gasteiger charge is -2.23. The summed E-state index contributed by atoms with van der Waals surface area (Å²) in [5, 5.41) is 1.88. The number of fused-ring (bicyclic) bond motifs is 1. The number of carbonyl (C=O) groups is 1. The zero-order chi connectivity index (χ0) is 19.3. The number of amides is 1. The first-order valence-electron chi connectivity index (χ1n) is 8.94. The highest BCUT2D eigenvalue weighted by molar-refractivity contribution is 8.00. The van der Waals surface area contributed by atoms with Gasteiger partial charge in [0.05, 0.1) is 12.3 Å². The van der Waals surface area contributed by atoms with Crippen LogP contribution in [0, 0.1) is 6.92 Å². The van der Waals surface area contributed by atoms with Crippen LogP contribution in [0.2, 0.25) is 0 Å². The van der Waals surface area contributed by atoms with Crippen LogP contribution in [0.15, 0.2) is 78.1 Å². The van der Waals surface area contributed by atoms with Crippen LogP contribution < -0.4 is 4.90 Å². The number of para-hydroxylation sites is 1. The molecule has 0 aliphatic rings. The molecule has 2 aromatic carbocycles. The number of aryl methyl sites for hydroxylation is 1. The smallest absolute Gasteiger partial charge is 0.237 e. The SMILES string of the molecule is Cc1cc2c(SCC(=O)N(Cc3ccccc3)c3ccccc3)ncnc2s1. The number of aromatic nitrogens is 2. The fourth-order valence-electron chi connectivity index (χ4n) is 2.97. The molecule has 0 fully saturated rings.